The fraction of sp³-hybridized carbons (Fsp3) is 0. The normalized spacial score (nSPS) is 11.8. The maximum absolute atomic E-state index is 6.32. The predicted molar refractivity (Wildman–Crippen MR) is 169 cm³/mol. The average molecular weight is 542 g/mol. The quantitative estimate of drug-likeness (QED) is 0.215. The van der Waals surface area contributed by atoms with Gasteiger partial charge in [0, 0.05) is 62.1 Å². The van der Waals surface area contributed by atoms with Gasteiger partial charge in [-0.1, -0.05) is 78.3 Å². The molecule has 8 aromatic rings. The highest BCUT2D eigenvalue weighted by molar-refractivity contribution is 7.26. The van der Waals surface area contributed by atoms with Crippen LogP contribution in [0.5, 0.6) is 0 Å². The van der Waals surface area contributed by atoms with Crippen LogP contribution in [0.4, 0.5) is 17.1 Å². The summed E-state index contributed by atoms with van der Waals surface area (Å²) in [4.78, 5) is 2.41. The Labute approximate surface area is 232 Å². The molecular formula is C34H20ClNS2. The molecule has 1 nitrogen and oxygen atoms in total. The first-order chi connectivity index (χ1) is 18.7. The zero-order chi connectivity index (χ0) is 25.2. The van der Waals surface area contributed by atoms with Crippen LogP contribution in [0.3, 0.4) is 0 Å². The molecule has 8 rings (SSSR count). The molecular weight excluding hydrogens is 522 g/mol. The highest BCUT2D eigenvalue weighted by Crippen LogP contribution is 2.44. The van der Waals surface area contributed by atoms with Gasteiger partial charge in [-0.3, -0.25) is 0 Å². The standard InChI is InChI=1S/C34H20ClNS2/c35-22-12-15-28-29-19-23(14-17-32(29)38-33(28)18-22)36(30-10-5-7-21-6-1-2-8-25(21)30)24-13-16-27-26-9-3-4-11-31(26)37-34(27)20-24/h1-20H. The van der Waals surface area contributed by atoms with Gasteiger partial charge in [0.05, 0.1) is 5.69 Å². The van der Waals surface area contributed by atoms with E-state index in [2.05, 4.69) is 120 Å². The van der Waals surface area contributed by atoms with Gasteiger partial charge in [-0.15, -0.1) is 22.7 Å². The van der Waals surface area contributed by atoms with Crippen LogP contribution in [-0.4, -0.2) is 0 Å². The number of nitrogens with zero attached hydrogens (tertiary/aromatic N) is 1. The Kier molecular flexibility index (Phi) is 4.99. The molecule has 2 heterocycles. The molecule has 0 fully saturated rings. The van der Waals surface area contributed by atoms with Crippen LogP contribution < -0.4 is 4.90 Å². The van der Waals surface area contributed by atoms with Crippen molar-refractivity contribution < 1.29 is 0 Å². The van der Waals surface area contributed by atoms with Crippen molar-refractivity contribution in [2.24, 2.45) is 0 Å². The van der Waals surface area contributed by atoms with Crippen LogP contribution in [0.2, 0.25) is 5.02 Å². The van der Waals surface area contributed by atoms with E-state index in [9.17, 15) is 0 Å². The number of thiophene rings is 2. The number of halogens is 1. The van der Waals surface area contributed by atoms with Gasteiger partial charge in [-0.2, -0.15) is 0 Å². The van der Waals surface area contributed by atoms with E-state index in [0.29, 0.717) is 0 Å². The van der Waals surface area contributed by atoms with Crippen molar-refractivity contribution in [2.75, 3.05) is 4.90 Å². The maximum Gasteiger partial charge on any atom is 0.0540 e. The van der Waals surface area contributed by atoms with Gasteiger partial charge < -0.3 is 4.90 Å². The summed E-state index contributed by atoms with van der Waals surface area (Å²) in [5.74, 6) is 0. The molecule has 0 N–H and O–H groups in total. The van der Waals surface area contributed by atoms with E-state index in [1.54, 1.807) is 11.3 Å². The van der Waals surface area contributed by atoms with Crippen LogP contribution in [0.15, 0.2) is 121 Å². The lowest BCUT2D eigenvalue weighted by Gasteiger charge is -2.27. The first-order valence-corrected chi connectivity index (χ1v) is 14.6. The highest BCUT2D eigenvalue weighted by Gasteiger charge is 2.18. The number of hydrogen-bond acceptors (Lipinski definition) is 3. The molecule has 180 valence electrons. The Morgan fingerprint density at radius 3 is 2.00 bits per heavy atom. The molecule has 0 aliphatic carbocycles. The average Bonchev–Trinajstić information content (AvgIpc) is 3.50. The largest absolute Gasteiger partial charge is 0.310 e. The molecule has 0 unspecified atom stereocenters. The zero-order valence-corrected chi connectivity index (χ0v) is 22.6. The van der Waals surface area contributed by atoms with Gasteiger partial charge in [-0.25, -0.2) is 0 Å². The SMILES string of the molecule is Clc1ccc2c(c1)sc1ccc(N(c3ccc4c(c3)sc3ccccc34)c3cccc4ccccc34)cc12. The topological polar surface area (TPSA) is 3.24 Å². The van der Waals surface area contributed by atoms with Gasteiger partial charge >= 0.3 is 0 Å². The third-order valence-corrected chi connectivity index (χ3v) is 9.81. The maximum atomic E-state index is 6.32. The summed E-state index contributed by atoms with van der Waals surface area (Å²) in [6, 6.07) is 43.8. The molecule has 0 saturated heterocycles. The lowest BCUT2D eigenvalue weighted by atomic mass is 10.1. The summed E-state index contributed by atoms with van der Waals surface area (Å²) in [6.45, 7) is 0. The molecule has 6 aromatic carbocycles. The van der Waals surface area contributed by atoms with Gasteiger partial charge in [0.15, 0.2) is 0 Å². The minimum atomic E-state index is 0.776. The number of benzene rings is 6. The van der Waals surface area contributed by atoms with Crippen LogP contribution in [0.25, 0.3) is 51.1 Å². The first kappa shape index (κ1) is 22.1. The number of anilines is 3. The number of hydrogen-bond donors (Lipinski definition) is 0. The molecule has 0 radical (unpaired) electrons. The zero-order valence-electron chi connectivity index (χ0n) is 20.2. The van der Waals surface area contributed by atoms with E-state index < -0.39 is 0 Å². The van der Waals surface area contributed by atoms with E-state index in [-0.39, 0.29) is 0 Å². The fourth-order valence-corrected chi connectivity index (χ4v) is 8.06. The Bertz CT molecular complexity index is 2170. The highest BCUT2D eigenvalue weighted by atomic mass is 35.5. The molecule has 0 amide bonds. The number of fused-ring (bicyclic) bond motifs is 7. The van der Waals surface area contributed by atoms with E-state index in [4.69, 9.17) is 11.6 Å². The summed E-state index contributed by atoms with van der Waals surface area (Å²) >= 11 is 9.97. The van der Waals surface area contributed by atoms with Gasteiger partial charge in [0.1, 0.15) is 0 Å². The second-order valence-corrected chi connectivity index (χ2v) is 12.1. The van der Waals surface area contributed by atoms with Crippen molar-refractivity contribution in [2.45, 2.75) is 0 Å². The third kappa shape index (κ3) is 3.44. The molecule has 4 heteroatoms. The van der Waals surface area contributed by atoms with Crippen molar-refractivity contribution in [3.63, 3.8) is 0 Å². The summed E-state index contributed by atoms with van der Waals surface area (Å²) in [5, 5.41) is 8.37. The molecule has 2 aromatic heterocycles. The van der Waals surface area contributed by atoms with Crippen LogP contribution in [-0.2, 0) is 0 Å². The van der Waals surface area contributed by atoms with Crippen molar-refractivity contribution in [1.82, 2.24) is 0 Å². The van der Waals surface area contributed by atoms with Crippen molar-refractivity contribution in [3.8, 4) is 0 Å². The van der Waals surface area contributed by atoms with Crippen molar-refractivity contribution in [3.05, 3.63) is 126 Å². The third-order valence-electron chi connectivity index (χ3n) is 7.30. The Morgan fingerprint density at radius 2 is 1.08 bits per heavy atom. The Morgan fingerprint density at radius 1 is 0.447 bits per heavy atom. The lowest BCUT2D eigenvalue weighted by molar-refractivity contribution is 1.31. The van der Waals surface area contributed by atoms with Gasteiger partial charge in [0.25, 0.3) is 0 Å². The first-order valence-electron chi connectivity index (χ1n) is 12.5. The smallest absolute Gasteiger partial charge is 0.0540 e. The minimum Gasteiger partial charge on any atom is -0.310 e. The fourth-order valence-electron chi connectivity index (χ4n) is 5.56. The van der Waals surface area contributed by atoms with E-state index in [0.717, 1.165) is 16.4 Å². The summed E-state index contributed by atoms with van der Waals surface area (Å²) < 4.78 is 5.10. The monoisotopic (exact) mass is 541 g/mol. The van der Waals surface area contributed by atoms with Crippen molar-refractivity contribution >= 4 is 102 Å². The number of rotatable bonds is 3. The molecule has 0 saturated carbocycles. The van der Waals surface area contributed by atoms with Crippen LogP contribution >= 0.6 is 34.3 Å². The molecule has 0 spiro atoms. The minimum absolute atomic E-state index is 0.776. The van der Waals surface area contributed by atoms with Crippen molar-refractivity contribution in [1.29, 1.82) is 0 Å². The molecule has 0 aliphatic heterocycles. The summed E-state index contributed by atoms with van der Waals surface area (Å²) in [6.07, 6.45) is 0. The lowest BCUT2D eigenvalue weighted by Crippen LogP contribution is -2.10. The second-order valence-electron chi connectivity index (χ2n) is 9.54. The van der Waals surface area contributed by atoms with Crippen LogP contribution in [0, 0.1) is 0 Å². The van der Waals surface area contributed by atoms with Crippen LogP contribution in [0.1, 0.15) is 0 Å². The van der Waals surface area contributed by atoms with E-state index in [1.807, 2.05) is 17.4 Å². The molecule has 0 bridgehead atoms. The predicted octanol–water partition coefficient (Wildman–Crippen LogP) is 11.7. The summed E-state index contributed by atoms with van der Waals surface area (Å²) in [5.41, 5.74) is 3.47. The second kappa shape index (κ2) is 8.57. The molecule has 0 aliphatic rings. The molecule has 38 heavy (non-hydrogen) atoms. The van der Waals surface area contributed by atoms with E-state index in [1.165, 1.54) is 56.8 Å². The Balaban J connectivity index is 1.41. The molecule has 0 atom stereocenters. The Hall–Kier alpha value is -3.89. The van der Waals surface area contributed by atoms with E-state index >= 15 is 0 Å². The van der Waals surface area contributed by atoms with Gasteiger partial charge in [0.2, 0.25) is 0 Å². The summed E-state index contributed by atoms with van der Waals surface area (Å²) in [7, 11) is 0. The van der Waals surface area contributed by atoms with Gasteiger partial charge in [-0.05, 0) is 60.0 Å².